The van der Waals surface area contributed by atoms with Crippen molar-refractivity contribution in [3.8, 4) is 17.2 Å². The highest BCUT2D eigenvalue weighted by Crippen LogP contribution is 2.36. The fraction of sp³-hybridized carbons (Fsp3) is 0.500. The molecule has 1 heterocycles. The molecule has 7 heteroatoms. The summed E-state index contributed by atoms with van der Waals surface area (Å²) in [7, 11) is 1.39. The summed E-state index contributed by atoms with van der Waals surface area (Å²) in [4.78, 5) is 29.4. The van der Waals surface area contributed by atoms with Crippen molar-refractivity contribution in [2.45, 2.75) is 66.1 Å². The van der Waals surface area contributed by atoms with Crippen LogP contribution in [-0.2, 0) is 9.53 Å². The van der Waals surface area contributed by atoms with Gasteiger partial charge < -0.3 is 19.3 Å². The van der Waals surface area contributed by atoms with Crippen LogP contribution < -0.4 is 9.47 Å². The van der Waals surface area contributed by atoms with Gasteiger partial charge in [0.1, 0.15) is 11.9 Å². The van der Waals surface area contributed by atoms with Crippen LogP contribution in [0.2, 0.25) is 0 Å². The average Bonchev–Trinajstić information content (AvgIpc) is 2.74. The fourth-order valence-electron chi connectivity index (χ4n) is 3.91. The van der Waals surface area contributed by atoms with Crippen LogP contribution in [0.4, 0.5) is 0 Å². The van der Waals surface area contributed by atoms with Crippen LogP contribution in [0.5, 0.6) is 17.2 Å². The summed E-state index contributed by atoms with van der Waals surface area (Å²) < 4.78 is 16.8. The molecule has 0 fully saturated rings. The van der Waals surface area contributed by atoms with Crippen molar-refractivity contribution in [1.82, 2.24) is 4.98 Å². The van der Waals surface area contributed by atoms with Crippen LogP contribution in [0.3, 0.4) is 0 Å². The smallest absolute Gasteiger partial charge is 0.309 e. The molecule has 33 heavy (non-hydrogen) atoms. The van der Waals surface area contributed by atoms with E-state index in [1.807, 2.05) is 45.0 Å². The minimum Gasteiger partial charge on any atom is -0.503 e. The van der Waals surface area contributed by atoms with Crippen molar-refractivity contribution in [3.05, 3.63) is 47.8 Å². The lowest BCUT2D eigenvalue weighted by atomic mass is 9.83. The number of esters is 1. The third-order valence-electron chi connectivity index (χ3n) is 5.43. The van der Waals surface area contributed by atoms with Crippen molar-refractivity contribution in [2.24, 2.45) is 11.8 Å². The van der Waals surface area contributed by atoms with E-state index in [0.29, 0.717) is 0 Å². The summed E-state index contributed by atoms with van der Waals surface area (Å²) in [5, 5.41) is 10.2. The maximum absolute atomic E-state index is 12.8. The van der Waals surface area contributed by atoms with Gasteiger partial charge in [0.15, 0.2) is 23.0 Å². The van der Waals surface area contributed by atoms with Gasteiger partial charge in [-0.1, -0.05) is 39.0 Å². The number of hydrogen-bond acceptors (Lipinski definition) is 7. The minimum atomic E-state index is -0.706. The van der Waals surface area contributed by atoms with Crippen molar-refractivity contribution in [2.75, 3.05) is 7.11 Å². The Kier molecular flexibility index (Phi) is 9.26. The average molecular weight is 458 g/mol. The zero-order valence-corrected chi connectivity index (χ0v) is 20.5. The van der Waals surface area contributed by atoms with E-state index in [0.717, 1.165) is 11.3 Å². The number of ketones is 1. The summed E-state index contributed by atoms with van der Waals surface area (Å²) in [5.74, 6) is -0.958. The molecule has 2 rings (SSSR count). The molecule has 0 aliphatic carbocycles. The van der Waals surface area contributed by atoms with Gasteiger partial charge in [-0.15, -0.1) is 0 Å². The molecule has 1 aromatic carbocycles. The van der Waals surface area contributed by atoms with E-state index in [2.05, 4.69) is 18.8 Å². The lowest BCUT2D eigenvalue weighted by Gasteiger charge is -2.30. The van der Waals surface area contributed by atoms with Gasteiger partial charge in [0, 0.05) is 30.2 Å². The number of methoxy groups -OCH3 is 1. The Hall–Kier alpha value is -3.09. The number of nitrogens with zero attached hydrogens (tertiary/aromatic N) is 1. The molecule has 7 nitrogen and oxygen atoms in total. The Balaban J connectivity index is 2.14. The summed E-state index contributed by atoms with van der Waals surface area (Å²) in [6, 6.07) is 9.25. The number of benzene rings is 1. The molecule has 180 valence electrons. The highest BCUT2D eigenvalue weighted by Gasteiger charge is 2.31. The van der Waals surface area contributed by atoms with Crippen LogP contribution in [0, 0.1) is 11.8 Å². The fourth-order valence-corrected chi connectivity index (χ4v) is 3.91. The zero-order chi connectivity index (χ0) is 24.7. The zero-order valence-electron chi connectivity index (χ0n) is 20.5. The highest BCUT2D eigenvalue weighted by molar-refractivity contribution is 5.99. The second kappa shape index (κ2) is 11.7. The number of aromatic nitrogens is 1. The predicted octanol–water partition coefficient (Wildman–Crippen LogP) is 5.16. The molecule has 0 aliphatic heterocycles. The van der Waals surface area contributed by atoms with Gasteiger partial charge >= 0.3 is 5.97 Å². The Morgan fingerprint density at radius 1 is 1.00 bits per heavy atom. The SMILES string of the molecule is COc1ccnc(C(=O)C[C@@H](C)C(=O)O[C@@H](C)[C@H](c2ccccc2OC(C)C)C(C)C)c1O. The minimum absolute atomic E-state index is 0.0180. The monoisotopic (exact) mass is 457 g/mol. The first kappa shape index (κ1) is 26.2. The van der Waals surface area contributed by atoms with Gasteiger partial charge in [-0.3, -0.25) is 9.59 Å². The van der Waals surface area contributed by atoms with Gasteiger partial charge in [0.25, 0.3) is 0 Å². The van der Waals surface area contributed by atoms with Gasteiger partial charge in [-0.25, -0.2) is 4.98 Å². The Labute approximate surface area is 196 Å². The molecule has 2 aromatic rings. The van der Waals surface area contributed by atoms with E-state index in [9.17, 15) is 14.7 Å². The number of para-hydroxylation sites is 1. The first-order chi connectivity index (χ1) is 15.6. The molecule has 0 spiro atoms. The second-order valence-electron chi connectivity index (χ2n) is 8.86. The van der Waals surface area contributed by atoms with E-state index >= 15 is 0 Å². The van der Waals surface area contributed by atoms with Crippen LogP contribution >= 0.6 is 0 Å². The van der Waals surface area contributed by atoms with E-state index in [1.165, 1.54) is 19.4 Å². The maximum atomic E-state index is 12.8. The third-order valence-corrected chi connectivity index (χ3v) is 5.43. The van der Waals surface area contributed by atoms with Crippen molar-refractivity contribution in [1.29, 1.82) is 0 Å². The molecule has 3 atom stereocenters. The van der Waals surface area contributed by atoms with Crippen molar-refractivity contribution in [3.63, 3.8) is 0 Å². The second-order valence-corrected chi connectivity index (χ2v) is 8.86. The topological polar surface area (TPSA) is 95.0 Å². The number of carbonyl (C=O) groups excluding carboxylic acids is 2. The number of rotatable bonds is 11. The quantitative estimate of drug-likeness (QED) is 0.368. The largest absolute Gasteiger partial charge is 0.503 e. The summed E-state index contributed by atoms with van der Waals surface area (Å²) >= 11 is 0. The van der Waals surface area contributed by atoms with Gasteiger partial charge in [-0.2, -0.15) is 0 Å². The van der Waals surface area contributed by atoms with Crippen molar-refractivity contribution < 1.29 is 28.9 Å². The van der Waals surface area contributed by atoms with Crippen molar-refractivity contribution >= 4 is 11.8 Å². The van der Waals surface area contributed by atoms with E-state index in [4.69, 9.17) is 14.2 Å². The predicted molar refractivity (Wildman–Crippen MR) is 126 cm³/mol. The molecule has 1 N–H and O–H groups in total. The molecular formula is C26H35NO6. The lowest BCUT2D eigenvalue weighted by Crippen LogP contribution is -2.30. The van der Waals surface area contributed by atoms with Crippen LogP contribution in [0.15, 0.2) is 36.5 Å². The number of ether oxygens (including phenoxy) is 3. The normalized spacial score (nSPS) is 14.0. The Bertz CT molecular complexity index is 956. The molecule has 0 radical (unpaired) electrons. The number of hydrogen-bond donors (Lipinski definition) is 1. The molecule has 1 aromatic heterocycles. The lowest BCUT2D eigenvalue weighted by molar-refractivity contribution is -0.154. The van der Waals surface area contributed by atoms with E-state index < -0.39 is 23.8 Å². The number of pyridine rings is 1. The molecule has 0 amide bonds. The van der Waals surface area contributed by atoms with E-state index in [1.54, 1.807) is 6.92 Å². The van der Waals surface area contributed by atoms with Crippen LogP contribution in [0.1, 0.15) is 69.9 Å². The van der Waals surface area contributed by atoms with Gasteiger partial charge in [-0.05, 0) is 32.8 Å². The number of Topliss-reactive ketones (excluding diaryl/α,β-unsaturated/α-hetero) is 1. The summed E-state index contributed by atoms with van der Waals surface area (Å²) in [6.45, 7) is 11.6. The van der Waals surface area contributed by atoms with Crippen LogP contribution in [-0.4, -0.2) is 41.2 Å². The molecule has 0 saturated heterocycles. The molecule has 0 aliphatic rings. The Morgan fingerprint density at radius 3 is 2.27 bits per heavy atom. The van der Waals surface area contributed by atoms with E-state index in [-0.39, 0.29) is 41.6 Å². The third kappa shape index (κ3) is 6.70. The summed E-state index contributed by atoms with van der Waals surface area (Å²) in [5.41, 5.74) is 0.859. The number of aromatic hydroxyl groups is 1. The summed E-state index contributed by atoms with van der Waals surface area (Å²) in [6.07, 6.45) is 0.819. The molecular weight excluding hydrogens is 422 g/mol. The molecule has 0 unspecified atom stereocenters. The van der Waals surface area contributed by atoms with Crippen LogP contribution in [0.25, 0.3) is 0 Å². The highest BCUT2D eigenvalue weighted by atomic mass is 16.5. The van der Waals surface area contributed by atoms with Gasteiger partial charge in [0.05, 0.1) is 19.1 Å². The standard InChI is InChI=1S/C26H35NO6/c1-15(2)23(19-10-8-9-11-21(19)32-16(3)4)18(6)33-26(30)17(5)14-20(28)24-25(29)22(31-7)12-13-27-24/h8-13,15-18,23,29H,14H2,1-7H3/t17-,18+,23-/m1/s1. The Morgan fingerprint density at radius 2 is 1.67 bits per heavy atom. The first-order valence-electron chi connectivity index (χ1n) is 11.3. The molecule has 0 saturated carbocycles. The molecule has 0 bridgehead atoms. The first-order valence-corrected chi connectivity index (χ1v) is 11.3. The van der Waals surface area contributed by atoms with Gasteiger partial charge in [0.2, 0.25) is 0 Å². The number of carbonyl (C=O) groups is 2. The maximum Gasteiger partial charge on any atom is 0.309 e.